The second-order valence-electron chi connectivity index (χ2n) is 4.07. The molecule has 4 nitrogen and oxygen atoms in total. The van der Waals surface area contributed by atoms with E-state index in [0.717, 1.165) is 0 Å². The van der Waals surface area contributed by atoms with Gasteiger partial charge in [-0.25, -0.2) is 9.18 Å². The fourth-order valence-corrected chi connectivity index (χ4v) is 1.60. The van der Waals surface area contributed by atoms with Crippen molar-refractivity contribution in [2.45, 2.75) is 6.92 Å². The third kappa shape index (κ3) is 2.82. The number of carboxylic acids is 1. The molecule has 2 rings (SSSR count). The lowest BCUT2D eigenvalue weighted by atomic mass is 10.1. The lowest BCUT2D eigenvalue weighted by Crippen LogP contribution is -2.02. The van der Waals surface area contributed by atoms with Gasteiger partial charge in [-0.2, -0.15) is 0 Å². The van der Waals surface area contributed by atoms with Gasteiger partial charge in [-0.3, -0.25) is 0 Å². The van der Waals surface area contributed by atoms with E-state index >= 15 is 0 Å². The van der Waals surface area contributed by atoms with Gasteiger partial charge < -0.3 is 15.6 Å². The summed E-state index contributed by atoms with van der Waals surface area (Å²) in [7, 11) is 0. The summed E-state index contributed by atoms with van der Waals surface area (Å²) in [4.78, 5) is 10.9. The molecule has 2 aromatic carbocycles. The van der Waals surface area contributed by atoms with Crippen LogP contribution in [-0.4, -0.2) is 11.1 Å². The van der Waals surface area contributed by atoms with Crippen molar-refractivity contribution in [1.82, 2.24) is 0 Å². The van der Waals surface area contributed by atoms with E-state index in [2.05, 4.69) is 0 Å². The number of halogens is 1. The average Bonchev–Trinajstić information content (AvgIpc) is 2.36. The van der Waals surface area contributed by atoms with Crippen LogP contribution in [0.1, 0.15) is 15.9 Å². The zero-order chi connectivity index (χ0) is 14.0. The minimum Gasteiger partial charge on any atom is -0.478 e. The summed E-state index contributed by atoms with van der Waals surface area (Å²) in [6, 6.07) is 8.64. The zero-order valence-corrected chi connectivity index (χ0v) is 10.2. The number of ether oxygens (including phenoxy) is 1. The highest BCUT2D eigenvalue weighted by Crippen LogP contribution is 2.26. The molecule has 19 heavy (non-hydrogen) atoms. The highest BCUT2D eigenvalue weighted by molar-refractivity contribution is 5.94. The summed E-state index contributed by atoms with van der Waals surface area (Å²) in [6.45, 7) is 1.62. The fourth-order valence-electron chi connectivity index (χ4n) is 1.60. The summed E-state index contributed by atoms with van der Waals surface area (Å²) >= 11 is 0. The normalized spacial score (nSPS) is 10.2. The molecule has 0 unspecified atom stereocenters. The quantitative estimate of drug-likeness (QED) is 0.832. The Balaban J connectivity index is 2.30. The standard InChI is InChI=1S/C14H12FNO3/c1-8-6-9(2-4-12(8)15)19-10-3-5-13(16)11(7-10)14(17)18/h2-7H,16H2,1H3,(H,17,18). The van der Waals surface area contributed by atoms with Crippen molar-refractivity contribution >= 4 is 11.7 Å². The zero-order valence-electron chi connectivity index (χ0n) is 10.2. The molecule has 0 spiro atoms. The van der Waals surface area contributed by atoms with E-state index in [0.29, 0.717) is 17.1 Å². The molecule has 3 N–H and O–H groups in total. The number of aryl methyl sites for hydroxylation is 1. The first-order valence-corrected chi connectivity index (χ1v) is 5.54. The van der Waals surface area contributed by atoms with Gasteiger partial charge in [0.2, 0.25) is 0 Å². The summed E-state index contributed by atoms with van der Waals surface area (Å²) < 4.78 is 18.6. The van der Waals surface area contributed by atoms with Gasteiger partial charge in [-0.15, -0.1) is 0 Å². The van der Waals surface area contributed by atoms with Crippen molar-refractivity contribution in [2.75, 3.05) is 5.73 Å². The Morgan fingerprint density at radius 2 is 1.84 bits per heavy atom. The van der Waals surface area contributed by atoms with Crippen LogP contribution in [0, 0.1) is 12.7 Å². The molecule has 0 aromatic heterocycles. The smallest absolute Gasteiger partial charge is 0.337 e. The van der Waals surface area contributed by atoms with Crippen molar-refractivity contribution in [2.24, 2.45) is 0 Å². The molecule has 98 valence electrons. The van der Waals surface area contributed by atoms with E-state index in [1.165, 1.54) is 30.3 Å². The maximum Gasteiger partial charge on any atom is 0.337 e. The number of aromatic carboxylic acids is 1. The first-order valence-electron chi connectivity index (χ1n) is 5.54. The predicted octanol–water partition coefficient (Wildman–Crippen LogP) is 3.21. The van der Waals surface area contributed by atoms with Gasteiger partial charge in [-0.1, -0.05) is 0 Å². The molecular formula is C14H12FNO3. The second-order valence-corrected chi connectivity index (χ2v) is 4.07. The number of benzene rings is 2. The number of hydrogen-bond acceptors (Lipinski definition) is 3. The van der Waals surface area contributed by atoms with E-state index in [9.17, 15) is 9.18 Å². The van der Waals surface area contributed by atoms with Crippen LogP contribution in [0.4, 0.5) is 10.1 Å². The van der Waals surface area contributed by atoms with Crippen molar-refractivity contribution in [3.63, 3.8) is 0 Å². The number of anilines is 1. The molecule has 0 saturated heterocycles. The molecule has 0 aliphatic rings. The average molecular weight is 261 g/mol. The van der Waals surface area contributed by atoms with Gasteiger partial charge in [0.15, 0.2) is 0 Å². The third-order valence-corrected chi connectivity index (χ3v) is 2.62. The molecule has 0 amide bonds. The molecular weight excluding hydrogens is 249 g/mol. The Morgan fingerprint density at radius 1 is 1.21 bits per heavy atom. The Labute approximate surface area is 109 Å². The second kappa shape index (κ2) is 4.97. The molecule has 0 aliphatic carbocycles. The van der Waals surface area contributed by atoms with Crippen LogP contribution in [0.5, 0.6) is 11.5 Å². The number of carboxylic acid groups (broad SMARTS) is 1. The van der Waals surface area contributed by atoms with Crippen molar-refractivity contribution in [3.05, 3.63) is 53.3 Å². The molecule has 5 heteroatoms. The Kier molecular flexibility index (Phi) is 3.37. The molecule has 0 saturated carbocycles. The molecule has 2 aromatic rings. The van der Waals surface area contributed by atoms with Crippen LogP contribution < -0.4 is 10.5 Å². The van der Waals surface area contributed by atoms with Gasteiger partial charge in [0.25, 0.3) is 0 Å². The van der Waals surface area contributed by atoms with Crippen LogP contribution in [0.2, 0.25) is 0 Å². The van der Waals surface area contributed by atoms with Crippen LogP contribution in [0.25, 0.3) is 0 Å². The Bertz CT molecular complexity index is 641. The SMILES string of the molecule is Cc1cc(Oc2ccc(N)c(C(=O)O)c2)ccc1F. The molecule has 0 aliphatic heterocycles. The highest BCUT2D eigenvalue weighted by Gasteiger charge is 2.10. The third-order valence-electron chi connectivity index (χ3n) is 2.62. The lowest BCUT2D eigenvalue weighted by Gasteiger charge is -2.08. The first kappa shape index (κ1) is 12.9. The van der Waals surface area contributed by atoms with Crippen LogP contribution in [0.15, 0.2) is 36.4 Å². The van der Waals surface area contributed by atoms with Gasteiger partial charge in [0, 0.05) is 5.69 Å². The molecule has 0 bridgehead atoms. The van der Waals surface area contributed by atoms with E-state index in [-0.39, 0.29) is 17.1 Å². The van der Waals surface area contributed by atoms with E-state index in [1.54, 1.807) is 13.0 Å². The Morgan fingerprint density at radius 3 is 2.47 bits per heavy atom. The number of nitrogen functional groups attached to an aromatic ring is 1. The van der Waals surface area contributed by atoms with Crippen LogP contribution >= 0.6 is 0 Å². The minimum atomic E-state index is -1.13. The van der Waals surface area contributed by atoms with E-state index in [4.69, 9.17) is 15.6 Å². The van der Waals surface area contributed by atoms with Crippen molar-refractivity contribution < 1.29 is 19.0 Å². The summed E-state index contributed by atoms with van der Waals surface area (Å²) in [6.07, 6.45) is 0. The summed E-state index contributed by atoms with van der Waals surface area (Å²) in [5.74, 6) is -0.688. The van der Waals surface area contributed by atoms with Crippen LogP contribution in [0.3, 0.4) is 0 Å². The number of hydrogen-bond donors (Lipinski definition) is 2. The Hall–Kier alpha value is -2.56. The highest BCUT2D eigenvalue weighted by atomic mass is 19.1. The monoisotopic (exact) mass is 261 g/mol. The van der Waals surface area contributed by atoms with E-state index < -0.39 is 5.97 Å². The van der Waals surface area contributed by atoms with Gasteiger partial charge in [-0.05, 0) is 48.9 Å². The summed E-state index contributed by atoms with van der Waals surface area (Å²) in [5, 5.41) is 8.95. The van der Waals surface area contributed by atoms with Crippen molar-refractivity contribution in [3.8, 4) is 11.5 Å². The number of carbonyl (C=O) groups is 1. The van der Waals surface area contributed by atoms with Crippen molar-refractivity contribution in [1.29, 1.82) is 0 Å². The van der Waals surface area contributed by atoms with Gasteiger partial charge in [0.05, 0.1) is 5.56 Å². The molecule has 0 atom stereocenters. The number of nitrogens with two attached hydrogens (primary N) is 1. The minimum absolute atomic E-state index is 0.0312. The fraction of sp³-hybridized carbons (Fsp3) is 0.0714. The molecule has 0 heterocycles. The van der Waals surface area contributed by atoms with E-state index in [1.807, 2.05) is 0 Å². The molecule has 0 radical (unpaired) electrons. The van der Waals surface area contributed by atoms with Crippen LogP contribution in [-0.2, 0) is 0 Å². The van der Waals surface area contributed by atoms with Gasteiger partial charge >= 0.3 is 5.97 Å². The van der Waals surface area contributed by atoms with Gasteiger partial charge in [0.1, 0.15) is 17.3 Å². The molecule has 0 fully saturated rings. The largest absolute Gasteiger partial charge is 0.478 e. The maximum atomic E-state index is 13.1. The predicted molar refractivity (Wildman–Crippen MR) is 69.0 cm³/mol. The summed E-state index contributed by atoms with van der Waals surface area (Å²) in [5.41, 5.74) is 6.12. The maximum absolute atomic E-state index is 13.1. The topological polar surface area (TPSA) is 72.5 Å². The first-order chi connectivity index (χ1) is 8.97. The lowest BCUT2D eigenvalue weighted by molar-refractivity contribution is 0.0697. The number of rotatable bonds is 3.